The van der Waals surface area contributed by atoms with Crippen LogP contribution in [0.2, 0.25) is 0 Å². The highest BCUT2D eigenvalue weighted by Gasteiger charge is 2.46. The van der Waals surface area contributed by atoms with Crippen molar-refractivity contribution in [1.29, 1.82) is 10.5 Å². The van der Waals surface area contributed by atoms with Crippen LogP contribution in [0.3, 0.4) is 0 Å². The second kappa shape index (κ2) is 14.1. The third-order valence-electron chi connectivity index (χ3n) is 10.6. The fourth-order valence-corrected chi connectivity index (χ4v) is 7.76. The molecule has 5 aromatic rings. The van der Waals surface area contributed by atoms with Crippen LogP contribution in [0.15, 0.2) is 66.7 Å². The average Bonchev–Trinajstić information content (AvgIpc) is 3.71. The van der Waals surface area contributed by atoms with Crippen molar-refractivity contribution in [3.63, 3.8) is 0 Å². The lowest BCUT2D eigenvalue weighted by Gasteiger charge is -2.37. The van der Waals surface area contributed by atoms with Gasteiger partial charge in [-0.2, -0.15) is 10.5 Å². The lowest BCUT2D eigenvalue weighted by atomic mass is 9.95. The number of rotatable bonds is 7. The van der Waals surface area contributed by atoms with Gasteiger partial charge in [-0.05, 0) is 43.2 Å². The van der Waals surface area contributed by atoms with Gasteiger partial charge in [0, 0.05) is 51.0 Å². The number of hydrogen-bond acceptors (Lipinski definition) is 10. The summed E-state index contributed by atoms with van der Waals surface area (Å²) in [5, 5.41) is 25.9. The van der Waals surface area contributed by atoms with Crippen LogP contribution in [0.25, 0.3) is 27.8 Å². The molecule has 2 N–H and O–H groups in total. The van der Waals surface area contributed by atoms with Crippen molar-refractivity contribution in [1.82, 2.24) is 24.5 Å². The van der Waals surface area contributed by atoms with Crippen LogP contribution < -0.4 is 15.5 Å². The summed E-state index contributed by atoms with van der Waals surface area (Å²) in [4.78, 5) is 87.4. The first-order valence-corrected chi connectivity index (χ1v) is 18.1. The summed E-state index contributed by atoms with van der Waals surface area (Å²) < 4.78 is 1.60. The number of piperidine rings is 1. The van der Waals surface area contributed by atoms with Crippen LogP contribution in [-0.2, 0) is 19.2 Å². The molecule has 2 aromatic heterocycles. The predicted octanol–water partition coefficient (Wildman–Crippen LogP) is 3.67. The number of aromatic nitrogens is 2. The van der Waals surface area contributed by atoms with E-state index in [1.54, 1.807) is 45.7 Å². The van der Waals surface area contributed by atoms with Crippen LogP contribution in [0, 0.1) is 29.6 Å². The van der Waals surface area contributed by atoms with Gasteiger partial charge in [0.25, 0.3) is 11.8 Å². The van der Waals surface area contributed by atoms with E-state index in [1.807, 2.05) is 36.1 Å². The van der Waals surface area contributed by atoms with Gasteiger partial charge in [-0.15, -0.1) is 0 Å². The topological polar surface area (TPSA) is 201 Å². The first kappa shape index (κ1) is 35.6. The molecule has 0 spiro atoms. The molecule has 56 heavy (non-hydrogen) atoms. The summed E-state index contributed by atoms with van der Waals surface area (Å²) >= 11 is 0. The Morgan fingerprint density at radius 2 is 1.59 bits per heavy atom. The molecule has 2 saturated heterocycles. The van der Waals surface area contributed by atoms with E-state index in [1.165, 1.54) is 6.07 Å². The minimum absolute atomic E-state index is 0.0191. The zero-order valence-corrected chi connectivity index (χ0v) is 30.2. The maximum Gasteiger partial charge on any atom is 0.264 e. The molecule has 6 amide bonds. The van der Waals surface area contributed by atoms with Crippen LogP contribution in [0.1, 0.15) is 63.1 Å². The maximum absolute atomic E-state index is 13.6. The number of nitriles is 2. The van der Waals surface area contributed by atoms with Gasteiger partial charge in [0.2, 0.25) is 23.6 Å². The minimum atomic E-state index is -1.08. The average molecular weight is 748 g/mol. The SMILES string of the molecule is Cc1ccc(-c2c(C#N)c(NC(=O)CCC(=O)N3CCN(c4cccc5c4C(=O)N(C4CCC(=O)NC4=O)C5=O)CC3)n3c(nc4ccccc43)c2C#N)cc1. The molecule has 5 heterocycles. The van der Waals surface area contributed by atoms with Crippen molar-refractivity contribution in [2.75, 3.05) is 36.4 Å². The molecular weight excluding hydrogens is 715 g/mol. The van der Waals surface area contributed by atoms with Gasteiger partial charge in [0.05, 0.1) is 27.8 Å². The van der Waals surface area contributed by atoms with Gasteiger partial charge in [-0.25, -0.2) is 4.98 Å². The third kappa shape index (κ3) is 5.95. The van der Waals surface area contributed by atoms with Crippen molar-refractivity contribution in [2.45, 2.75) is 38.6 Å². The largest absolute Gasteiger partial charge is 0.367 e. The van der Waals surface area contributed by atoms with Gasteiger partial charge in [-0.1, -0.05) is 48.0 Å². The first-order valence-electron chi connectivity index (χ1n) is 18.1. The molecule has 0 saturated carbocycles. The molecule has 3 aliphatic rings. The molecule has 15 nitrogen and oxygen atoms in total. The third-order valence-corrected chi connectivity index (χ3v) is 10.6. The number of nitrogens with zero attached hydrogens (tertiary/aromatic N) is 7. The number of nitrogens with one attached hydrogen (secondary N) is 2. The number of piperazine rings is 1. The van der Waals surface area contributed by atoms with E-state index >= 15 is 0 Å². The van der Waals surface area contributed by atoms with Crippen LogP contribution in [-0.4, -0.2) is 86.8 Å². The summed E-state index contributed by atoms with van der Waals surface area (Å²) in [7, 11) is 0. The molecule has 278 valence electrons. The number of para-hydroxylation sites is 2. The number of imidazole rings is 1. The van der Waals surface area contributed by atoms with E-state index in [0.29, 0.717) is 54.0 Å². The normalized spacial score (nSPS) is 16.8. The van der Waals surface area contributed by atoms with Crippen LogP contribution >= 0.6 is 0 Å². The minimum Gasteiger partial charge on any atom is -0.367 e. The molecule has 2 fully saturated rings. The van der Waals surface area contributed by atoms with E-state index in [4.69, 9.17) is 4.98 Å². The summed E-state index contributed by atoms with van der Waals surface area (Å²) in [6, 6.07) is 22.8. The highest BCUT2D eigenvalue weighted by atomic mass is 16.2. The number of benzene rings is 3. The molecule has 0 bridgehead atoms. The van der Waals surface area contributed by atoms with Gasteiger partial charge >= 0.3 is 0 Å². The number of pyridine rings is 1. The Labute approximate surface area is 319 Å². The smallest absolute Gasteiger partial charge is 0.264 e. The standard InChI is InChI=1S/C41H33N9O6/c1-23-9-11-24(12-10-23)35-26(21-42)37-44-28-6-2-3-7-29(28)49(37)38(27(35)22-43)45-32(51)15-16-34(53)48-19-17-47(18-20-48)30-8-4-5-25-36(30)41(56)50(40(25)55)31-13-14-33(52)46-39(31)54/h2-12,31H,13-20H2,1H3,(H,45,51)(H,46,52,54). The van der Waals surface area contributed by atoms with E-state index in [0.717, 1.165) is 10.5 Å². The Morgan fingerprint density at radius 1 is 0.857 bits per heavy atom. The van der Waals surface area contributed by atoms with Crippen molar-refractivity contribution >= 4 is 63.6 Å². The molecule has 1 unspecified atom stereocenters. The second-order valence-corrected chi connectivity index (χ2v) is 13.9. The Morgan fingerprint density at radius 3 is 2.30 bits per heavy atom. The number of carbonyl (C=O) groups is 6. The highest BCUT2D eigenvalue weighted by molar-refractivity contribution is 6.25. The monoisotopic (exact) mass is 747 g/mol. The molecule has 8 rings (SSSR count). The quantitative estimate of drug-likeness (QED) is 0.232. The molecule has 0 aliphatic carbocycles. The second-order valence-electron chi connectivity index (χ2n) is 13.9. The molecule has 1 atom stereocenters. The summed E-state index contributed by atoms with van der Waals surface area (Å²) in [5.74, 6) is -2.94. The predicted molar refractivity (Wildman–Crippen MR) is 202 cm³/mol. The number of fused-ring (bicyclic) bond motifs is 4. The van der Waals surface area contributed by atoms with E-state index < -0.39 is 35.6 Å². The van der Waals surface area contributed by atoms with Crippen molar-refractivity contribution in [2.24, 2.45) is 0 Å². The van der Waals surface area contributed by atoms with Crippen molar-refractivity contribution < 1.29 is 28.8 Å². The fraction of sp³-hybridized carbons (Fsp3) is 0.244. The lowest BCUT2D eigenvalue weighted by Crippen LogP contribution is -2.54. The Hall–Kier alpha value is -7.39. The Kier molecular flexibility index (Phi) is 8.98. The van der Waals surface area contributed by atoms with Gasteiger partial charge in [0.15, 0.2) is 5.65 Å². The highest BCUT2D eigenvalue weighted by Crippen LogP contribution is 2.38. The van der Waals surface area contributed by atoms with Gasteiger partial charge < -0.3 is 15.1 Å². The number of imide groups is 2. The molecule has 0 radical (unpaired) electrons. The summed E-state index contributed by atoms with van der Waals surface area (Å²) in [6.45, 7) is 3.20. The number of aryl methyl sites for hydroxylation is 1. The fourth-order valence-electron chi connectivity index (χ4n) is 7.76. The zero-order valence-electron chi connectivity index (χ0n) is 30.2. The molecular formula is C41H33N9O6. The first-order chi connectivity index (χ1) is 27.1. The number of carbonyl (C=O) groups excluding carboxylic acids is 6. The van der Waals surface area contributed by atoms with Crippen molar-refractivity contribution in [3.8, 4) is 23.3 Å². The van der Waals surface area contributed by atoms with E-state index in [-0.39, 0.29) is 65.3 Å². The van der Waals surface area contributed by atoms with E-state index in [9.17, 15) is 39.3 Å². The zero-order chi connectivity index (χ0) is 39.2. The number of anilines is 2. The molecule has 15 heteroatoms. The maximum atomic E-state index is 13.6. The van der Waals surface area contributed by atoms with Gasteiger partial charge in [0.1, 0.15) is 35.1 Å². The lowest BCUT2D eigenvalue weighted by molar-refractivity contribution is -0.136. The summed E-state index contributed by atoms with van der Waals surface area (Å²) in [5.41, 5.74) is 4.56. The number of hydrogen-bond donors (Lipinski definition) is 2. The van der Waals surface area contributed by atoms with E-state index in [2.05, 4.69) is 22.8 Å². The van der Waals surface area contributed by atoms with Crippen LogP contribution in [0.4, 0.5) is 11.5 Å². The molecule has 3 aromatic carbocycles. The van der Waals surface area contributed by atoms with Gasteiger partial charge in [-0.3, -0.25) is 43.4 Å². The van der Waals surface area contributed by atoms with Crippen molar-refractivity contribution in [3.05, 3.63) is 94.5 Å². The Balaban J connectivity index is 0.976. The molecule has 3 aliphatic heterocycles. The van der Waals surface area contributed by atoms with Crippen LogP contribution in [0.5, 0.6) is 0 Å². The Bertz CT molecular complexity index is 2630. The number of amides is 6. The summed E-state index contributed by atoms with van der Waals surface area (Å²) in [6.07, 6.45) is -0.226.